The number of hydrogen-bond donors (Lipinski definition) is 0. The monoisotopic (exact) mass is 408 g/mol. The summed E-state index contributed by atoms with van der Waals surface area (Å²) in [5.41, 5.74) is 0. The third kappa shape index (κ3) is 5.41. The van der Waals surface area contributed by atoms with Gasteiger partial charge in [0, 0.05) is 54.1 Å². The number of benzene rings is 2. The Morgan fingerprint density at radius 2 is 1.04 bits per heavy atom. The van der Waals surface area contributed by atoms with Gasteiger partial charge in [0.15, 0.2) is 11.6 Å². The highest BCUT2D eigenvalue weighted by Crippen LogP contribution is 2.50. The van der Waals surface area contributed by atoms with Crippen molar-refractivity contribution in [1.82, 2.24) is 9.80 Å². The van der Waals surface area contributed by atoms with Crippen LogP contribution in [0.2, 0.25) is 0 Å². The summed E-state index contributed by atoms with van der Waals surface area (Å²) in [5.74, 6) is -0.241. The predicted molar refractivity (Wildman–Crippen MR) is 118 cm³/mol. The maximum absolute atomic E-state index is 10.3. The first-order valence-corrected chi connectivity index (χ1v) is 10.8. The highest BCUT2D eigenvalue weighted by atomic mass is 33.1. The molecule has 6 heteroatoms. The molecule has 0 amide bonds. The quantitative estimate of drug-likeness (QED) is 0.451. The van der Waals surface area contributed by atoms with Crippen LogP contribution in [0, 0.1) is 0 Å². The summed E-state index contributed by atoms with van der Waals surface area (Å²) in [6, 6.07) is 13.0. The average molecular weight is 409 g/mol. The molecule has 4 nitrogen and oxygen atoms in total. The Labute approximate surface area is 172 Å². The Kier molecular flexibility index (Phi) is 6.79. The lowest BCUT2D eigenvalue weighted by Crippen LogP contribution is -2.12. The molecule has 0 aromatic heterocycles. The lowest BCUT2D eigenvalue weighted by Gasteiger charge is -2.17. The number of ketones is 2. The third-order valence-corrected chi connectivity index (χ3v) is 6.40. The SMILES string of the molecule is CN1C=CN(C)C=C1.O=C1C=CC(=O)C=C1.c1cc2c3c(cccc3c1)SS2. The van der Waals surface area contributed by atoms with Crippen molar-refractivity contribution < 1.29 is 9.59 Å². The van der Waals surface area contributed by atoms with Crippen molar-refractivity contribution in [3.05, 3.63) is 85.5 Å². The summed E-state index contributed by atoms with van der Waals surface area (Å²) in [6.07, 6.45) is 13.0. The van der Waals surface area contributed by atoms with Crippen molar-refractivity contribution in [2.45, 2.75) is 9.79 Å². The molecule has 5 rings (SSSR count). The molecule has 0 fully saturated rings. The van der Waals surface area contributed by atoms with Crippen LogP contribution in [0.25, 0.3) is 10.8 Å². The van der Waals surface area contributed by atoms with Crippen LogP contribution in [0.1, 0.15) is 0 Å². The van der Waals surface area contributed by atoms with Crippen LogP contribution in [0.3, 0.4) is 0 Å². The third-order valence-electron chi connectivity index (χ3n) is 3.95. The van der Waals surface area contributed by atoms with Crippen LogP contribution in [-0.2, 0) is 9.59 Å². The first-order valence-electron chi connectivity index (χ1n) is 8.64. The van der Waals surface area contributed by atoms with E-state index >= 15 is 0 Å². The lowest BCUT2D eigenvalue weighted by atomic mass is 10.1. The second-order valence-corrected chi connectivity index (χ2v) is 8.39. The van der Waals surface area contributed by atoms with Crippen molar-refractivity contribution in [3.8, 4) is 0 Å². The standard InChI is InChI=1S/C10H6S2.C6H10N2.C6H4O2/c1-3-7-4-2-6-9-10(7)8(5-1)11-12-9;1-7-3-5-8(2)6-4-7;7-5-1-2-6(8)4-3-5/h1-6H;3-6H,1-2H3;1-4H. The molecule has 0 unspecified atom stereocenters. The Morgan fingerprint density at radius 3 is 1.43 bits per heavy atom. The number of carbonyl (C=O) groups is 2. The largest absolute Gasteiger partial charge is 0.354 e. The minimum absolute atomic E-state index is 0.121. The first kappa shape index (κ1) is 20.0. The second kappa shape index (κ2) is 9.48. The van der Waals surface area contributed by atoms with Gasteiger partial charge in [0.25, 0.3) is 0 Å². The lowest BCUT2D eigenvalue weighted by molar-refractivity contribution is -0.113. The van der Waals surface area contributed by atoms with E-state index in [-0.39, 0.29) is 11.6 Å². The van der Waals surface area contributed by atoms with Gasteiger partial charge in [-0.25, -0.2) is 0 Å². The highest BCUT2D eigenvalue weighted by Gasteiger charge is 2.13. The van der Waals surface area contributed by atoms with E-state index in [9.17, 15) is 9.59 Å². The fourth-order valence-electron chi connectivity index (χ4n) is 2.46. The van der Waals surface area contributed by atoms with E-state index in [0.717, 1.165) is 0 Å². The molecule has 0 radical (unpaired) electrons. The zero-order chi connectivity index (χ0) is 19.9. The van der Waals surface area contributed by atoms with Crippen molar-refractivity contribution in [2.24, 2.45) is 0 Å². The van der Waals surface area contributed by atoms with Gasteiger partial charge in [-0.2, -0.15) is 0 Å². The van der Waals surface area contributed by atoms with Crippen LogP contribution in [-0.4, -0.2) is 35.5 Å². The van der Waals surface area contributed by atoms with Gasteiger partial charge in [0.1, 0.15) is 0 Å². The van der Waals surface area contributed by atoms with E-state index in [4.69, 9.17) is 0 Å². The molecule has 2 aromatic rings. The normalized spacial score (nSPS) is 16.1. The first-order chi connectivity index (χ1) is 13.5. The molecule has 142 valence electrons. The van der Waals surface area contributed by atoms with E-state index in [1.54, 1.807) is 0 Å². The predicted octanol–water partition coefficient (Wildman–Crippen LogP) is 5.01. The van der Waals surface area contributed by atoms with Crippen molar-refractivity contribution in [2.75, 3.05) is 14.1 Å². The molecule has 2 aromatic carbocycles. The molecule has 1 aliphatic carbocycles. The van der Waals surface area contributed by atoms with E-state index in [1.807, 2.05) is 70.3 Å². The smallest absolute Gasteiger partial charge is 0.178 e. The van der Waals surface area contributed by atoms with Gasteiger partial charge in [-0.15, -0.1) is 0 Å². The summed E-state index contributed by atoms with van der Waals surface area (Å²) in [4.78, 5) is 27.4. The highest BCUT2D eigenvalue weighted by molar-refractivity contribution is 8.77. The van der Waals surface area contributed by atoms with Gasteiger partial charge >= 0.3 is 0 Å². The van der Waals surface area contributed by atoms with Crippen LogP contribution in [0.4, 0.5) is 0 Å². The van der Waals surface area contributed by atoms with Gasteiger partial charge in [-0.3, -0.25) is 9.59 Å². The molecular weight excluding hydrogens is 388 g/mol. The fraction of sp³-hybridized carbons (Fsp3) is 0.0909. The summed E-state index contributed by atoms with van der Waals surface area (Å²) >= 11 is 0. The number of carbonyl (C=O) groups excluding carboxylic acids is 2. The molecule has 2 aliphatic heterocycles. The molecule has 0 atom stereocenters. The van der Waals surface area contributed by atoms with Crippen molar-refractivity contribution >= 4 is 43.9 Å². The average Bonchev–Trinajstić information content (AvgIpc) is 3.13. The molecule has 28 heavy (non-hydrogen) atoms. The fourth-order valence-corrected chi connectivity index (χ4v) is 4.97. The van der Waals surface area contributed by atoms with Gasteiger partial charge in [-0.1, -0.05) is 45.9 Å². The minimum Gasteiger partial charge on any atom is -0.354 e. The summed E-state index contributed by atoms with van der Waals surface area (Å²) < 4.78 is 0. The van der Waals surface area contributed by atoms with Crippen LogP contribution >= 0.6 is 21.6 Å². The van der Waals surface area contributed by atoms with E-state index in [0.29, 0.717) is 0 Å². The second-order valence-electron chi connectivity index (χ2n) is 6.18. The number of rotatable bonds is 0. The number of nitrogens with zero attached hydrogens (tertiary/aromatic N) is 2. The Hall–Kier alpha value is -2.70. The van der Waals surface area contributed by atoms with Gasteiger partial charge < -0.3 is 9.80 Å². The van der Waals surface area contributed by atoms with E-state index < -0.39 is 0 Å². The van der Waals surface area contributed by atoms with Crippen LogP contribution in [0.5, 0.6) is 0 Å². The van der Waals surface area contributed by atoms with Crippen LogP contribution in [0.15, 0.2) is 95.3 Å². The summed E-state index contributed by atoms with van der Waals surface area (Å²) in [7, 11) is 7.73. The van der Waals surface area contributed by atoms with Crippen molar-refractivity contribution in [1.29, 1.82) is 0 Å². The Balaban J connectivity index is 0.000000126. The Morgan fingerprint density at radius 1 is 0.643 bits per heavy atom. The molecule has 0 saturated carbocycles. The maximum Gasteiger partial charge on any atom is 0.178 e. The van der Waals surface area contributed by atoms with Crippen LogP contribution < -0.4 is 0 Å². The molecule has 0 saturated heterocycles. The number of hydrogen-bond acceptors (Lipinski definition) is 6. The van der Waals surface area contributed by atoms with Gasteiger partial charge in [0.2, 0.25) is 0 Å². The molecule has 0 N–H and O–H groups in total. The topological polar surface area (TPSA) is 40.6 Å². The van der Waals surface area contributed by atoms with E-state index in [1.165, 1.54) is 44.9 Å². The molecule has 0 spiro atoms. The molecule has 2 heterocycles. The van der Waals surface area contributed by atoms with E-state index in [2.05, 4.69) is 36.4 Å². The summed E-state index contributed by atoms with van der Waals surface area (Å²) in [5, 5.41) is 2.80. The minimum atomic E-state index is -0.121. The zero-order valence-electron chi connectivity index (χ0n) is 15.6. The molecule has 3 aliphatic rings. The number of allylic oxidation sites excluding steroid dienone is 4. The Bertz CT molecular complexity index is 904. The van der Waals surface area contributed by atoms with Gasteiger partial charge in [-0.05, 0) is 41.8 Å². The maximum atomic E-state index is 10.3. The molecular formula is C22H20N2O2S2. The van der Waals surface area contributed by atoms with Crippen molar-refractivity contribution in [3.63, 3.8) is 0 Å². The van der Waals surface area contributed by atoms with Gasteiger partial charge in [0.05, 0.1) is 0 Å². The summed E-state index contributed by atoms with van der Waals surface area (Å²) in [6.45, 7) is 0. The zero-order valence-corrected chi connectivity index (χ0v) is 17.2. The molecule has 0 bridgehead atoms.